The van der Waals surface area contributed by atoms with Gasteiger partial charge in [-0.2, -0.15) is 0 Å². The fraction of sp³-hybridized carbons (Fsp3) is 0.519. The van der Waals surface area contributed by atoms with Gasteiger partial charge in [0.05, 0.1) is 11.2 Å². The first-order valence-corrected chi connectivity index (χ1v) is 12.2. The molecule has 3 aromatic rings. The van der Waals surface area contributed by atoms with Gasteiger partial charge in [-0.15, -0.1) is 0 Å². The van der Waals surface area contributed by atoms with Gasteiger partial charge in [0, 0.05) is 57.4 Å². The molecule has 0 atom stereocenters. The highest BCUT2D eigenvalue weighted by Crippen LogP contribution is 2.26. The second-order valence-electron chi connectivity index (χ2n) is 11.0. The lowest BCUT2D eigenvalue weighted by molar-refractivity contribution is -0.132. The highest BCUT2D eigenvalue weighted by Gasteiger charge is 2.22. The molecule has 1 aromatic carbocycles. The number of hydrogen-bond donors (Lipinski definition) is 0. The van der Waals surface area contributed by atoms with Crippen molar-refractivity contribution in [3.8, 4) is 11.3 Å². The van der Waals surface area contributed by atoms with Crippen LogP contribution in [0.3, 0.4) is 0 Å². The molecule has 3 heterocycles. The van der Waals surface area contributed by atoms with Crippen LogP contribution < -0.4 is 10.6 Å². The smallest absolute Gasteiger partial charge is 0.330 e. The Hall–Kier alpha value is -3.09. The number of fused-ring (bicyclic) bond motifs is 1. The number of anilines is 1. The summed E-state index contributed by atoms with van der Waals surface area (Å²) in [6, 6.07) is 12.4. The van der Waals surface area contributed by atoms with Crippen LogP contribution in [0.25, 0.3) is 22.4 Å². The summed E-state index contributed by atoms with van der Waals surface area (Å²) in [6.07, 6.45) is 0.622. The predicted octanol–water partition coefficient (Wildman–Crippen LogP) is 4.14. The van der Waals surface area contributed by atoms with Gasteiger partial charge in [0.25, 0.3) is 0 Å². The van der Waals surface area contributed by atoms with E-state index in [1.54, 1.807) is 11.6 Å². The Balaban J connectivity index is 1.50. The summed E-state index contributed by atoms with van der Waals surface area (Å²) >= 11 is 0. The first-order chi connectivity index (χ1) is 16.0. The fourth-order valence-electron chi connectivity index (χ4n) is 4.60. The van der Waals surface area contributed by atoms with E-state index < -0.39 is 0 Å². The third-order valence-corrected chi connectivity index (χ3v) is 6.36. The summed E-state index contributed by atoms with van der Waals surface area (Å²) in [5.74, 6) is 0.655. The molecule has 1 aliphatic rings. The predicted molar refractivity (Wildman–Crippen MR) is 138 cm³/mol. The van der Waals surface area contributed by atoms with E-state index in [9.17, 15) is 9.59 Å². The zero-order valence-electron chi connectivity index (χ0n) is 21.3. The number of nitrogens with zero attached hydrogens (tertiary/aromatic N) is 5. The number of carbonyl (C=O) groups excluding carboxylic acids is 1. The number of amides is 1. The molecular formula is C27H37N5O2. The average molecular weight is 464 g/mol. The second kappa shape index (κ2) is 9.28. The van der Waals surface area contributed by atoms with Crippen LogP contribution in [0, 0.1) is 11.3 Å². The van der Waals surface area contributed by atoms with Crippen molar-refractivity contribution in [1.29, 1.82) is 0 Å². The highest BCUT2D eigenvalue weighted by molar-refractivity contribution is 5.77. The molecule has 0 radical (unpaired) electrons. The summed E-state index contributed by atoms with van der Waals surface area (Å²) in [5.41, 5.74) is 4.57. The fourth-order valence-corrected chi connectivity index (χ4v) is 4.60. The number of piperazine rings is 1. The molecule has 0 unspecified atom stereocenters. The van der Waals surface area contributed by atoms with Gasteiger partial charge in [-0.1, -0.05) is 46.8 Å². The lowest BCUT2D eigenvalue weighted by atomic mass is 9.97. The van der Waals surface area contributed by atoms with Crippen LogP contribution >= 0.6 is 0 Å². The number of imidazole rings is 1. The standard InChI is InChI=1S/C27H37N5O2/c1-19(2)17-24(33)31-15-13-30(14-16-31)21-9-7-20(8-10-21)22-11-12-23-25(28-22)29(6)26(34)32(23)18-27(3,4)5/h7-12,19H,13-18H2,1-6H3. The van der Waals surface area contributed by atoms with Gasteiger partial charge in [0.1, 0.15) is 0 Å². The largest absolute Gasteiger partial charge is 0.368 e. The molecule has 1 aliphatic heterocycles. The average Bonchev–Trinajstić information content (AvgIpc) is 3.02. The third-order valence-electron chi connectivity index (χ3n) is 6.36. The van der Waals surface area contributed by atoms with Crippen LogP contribution in [0.1, 0.15) is 41.0 Å². The van der Waals surface area contributed by atoms with E-state index in [0.717, 1.165) is 48.6 Å². The Morgan fingerprint density at radius 2 is 1.65 bits per heavy atom. The minimum Gasteiger partial charge on any atom is -0.368 e. The van der Waals surface area contributed by atoms with E-state index in [0.29, 0.717) is 24.5 Å². The highest BCUT2D eigenvalue weighted by atomic mass is 16.2. The van der Waals surface area contributed by atoms with Gasteiger partial charge < -0.3 is 9.80 Å². The lowest BCUT2D eigenvalue weighted by Gasteiger charge is -2.36. The van der Waals surface area contributed by atoms with Gasteiger partial charge in [-0.25, -0.2) is 9.78 Å². The van der Waals surface area contributed by atoms with Crippen LogP contribution in [0.5, 0.6) is 0 Å². The maximum atomic E-state index is 12.8. The number of aryl methyl sites for hydroxylation is 1. The van der Waals surface area contributed by atoms with Gasteiger partial charge in [-0.05, 0) is 35.6 Å². The molecule has 0 spiro atoms. The maximum absolute atomic E-state index is 12.8. The zero-order valence-corrected chi connectivity index (χ0v) is 21.3. The number of benzene rings is 1. The van der Waals surface area contributed by atoms with Crippen molar-refractivity contribution in [1.82, 2.24) is 19.0 Å². The third kappa shape index (κ3) is 5.03. The quantitative estimate of drug-likeness (QED) is 0.570. The number of carbonyl (C=O) groups is 1. The van der Waals surface area contributed by atoms with Crippen molar-refractivity contribution in [2.24, 2.45) is 18.4 Å². The number of rotatable bonds is 5. The lowest BCUT2D eigenvalue weighted by Crippen LogP contribution is -2.49. The second-order valence-corrected chi connectivity index (χ2v) is 11.0. The molecule has 4 rings (SSSR count). The molecule has 182 valence electrons. The molecule has 34 heavy (non-hydrogen) atoms. The van der Waals surface area contributed by atoms with E-state index in [1.807, 2.05) is 21.6 Å². The normalized spacial score (nSPS) is 14.9. The maximum Gasteiger partial charge on any atom is 0.330 e. The van der Waals surface area contributed by atoms with Crippen LogP contribution in [-0.2, 0) is 18.4 Å². The van der Waals surface area contributed by atoms with Crippen LogP contribution in [0.4, 0.5) is 5.69 Å². The summed E-state index contributed by atoms with van der Waals surface area (Å²) in [6.45, 7) is 14.4. The van der Waals surface area contributed by atoms with Gasteiger partial charge in [0.2, 0.25) is 5.91 Å². The van der Waals surface area contributed by atoms with Crippen molar-refractivity contribution < 1.29 is 4.79 Å². The molecule has 0 bridgehead atoms. The molecule has 7 nitrogen and oxygen atoms in total. The van der Waals surface area contributed by atoms with Crippen molar-refractivity contribution in [2.45, 2.75) is 47.6 Å². The van der Waals surface area contributed by atoms with E-state index in [2.05, 4.69) is 63.8 Å². The summed E-state index contributed by atoms with van der Waals surface area (Å²) in [5, 5.41) is 0. The summed E-state index contributed by atoms with van der Waals surface area (Å²) in [7, 11) is 1.79. The van der Waals surface area contributed by atoms with Crippen LogP contribution in [-0.4, -0.2) is 51.1 Å². The molecule has 2 aromatic heterocycles. The van der Waals surface area contributed by atoms with Gasteiger partial charge >= 0.3 is 5.69 Å². The molecule has 0 aliphatic carbocycles. The van der Waals surface area contributed by atoms with Crippen LogP contribution in [0.2, 0.25) is 0 Å². The Morgan fingerprint density at radius 3 is 2.24 bits per heavy atom. The summed E-state index contributed by atoms with van der Waals surface area (Å²) in [4.78, 5) is 34.3. The van der Waals surface area contributed by atoms with Crippen molar-refractivity contribution >= 4 is 22.8 Å². The monoisotopic (exact) mass is 463 g/mol. The minimum atomic E-state index is -0.0315. The molecule has 1 amide bonds. The first kappa shape index (κ1) is 24.0. The molecular weight excluding hydrogens is 426 g/mol. The van der Waals surface area contributed by atoms with Gasteiger partial charge in [0.15, 0.2) is 5.65 Å². The SMILES string of the molecule is CC(C)CC(=O)N1CCN(c2ccc(-c3ccc4c(n3)n(C)c(=O)n4CC(C)(C)C)cc2)CC1. The van der Waals surface area contributed by atoms with E-state index in [-0.39, 0.29) is 17.0 Å². The molecule has 1 fully saturated rings. The van der Waals surface area contributed by atoms with Crippen molar-refractivity contribution in [3.63, 3.8) is 0 Å². The molecule has 1 saturated heterocycles. The van der Waals surface area contributed by atoms with Gasteiger partial charge in [-0.3, -0.25) is 13.9 Å². The number of hydrogen-bond acceptors (Lipinski definition) is 4. The molecule has 0 saturated carbocycles. The Morgan fingerprint density at radius 1 is 1.00 bits per heavy atom. The minimum absolute atomic E-state index is 0.000189. The Bertz CT molecular complexity index is 1220. The number of aromatic nitrogens is 3. The topological polar surface area (TPSA) is 63.4 Å². The first-order valence-electron chi connectivity index (χ1n) is 12.2. The van der Waals surface area contributed by atoms with Crippen molar-refractivity contribution in [2.75, 3.05) is 31.1 Å². The molecule has 7 heteroatoms. The van der Waals surface area contributed by atoms with Crippen LogP contribution in [0.15, 0.2) is 41.2 Å². The van der Waals surface area contributed by atoms with E-state index in [4.69, 9.17) is 4.98 Å². The summed E-state index contributed by atoms with van der Waals surface area (Å²) < 4.78 is 3.46. The Labute approximate surface area is 202 Å². The van der Waals surface area contributed by atoms with E-state index in [1.165, 1.54) is 0 Å². The molecule has 0 N–H and O–H groups in total. The van der Waals surface area contributed by atoms with E-state index >= 15 is 0 Å². The zero-order chi connectivity index (χ0) is 24.6. The van der Waals surface area contributed by atoms with Crippen molar-refractivity contribution in [3.05, 3.63) is 46.9 Å². The Kier molecular flexibility index (Phi) is 6.56. The number of pyridine rings is 1.